The lowest BCUT2D eigenvalue weighted by Gasteiger charge is -2.13. The van der Waals surface area contributed by atoms with Gasteiger partial charge in [0.05, 0.1) is 12.2 Å². The summed E-state index contributed by atoms with van der Waals surface area (Å²) in [5, 5.41) is 0. The second kappa shape index (κ2) is 5.25. The molecule has 17 heavy (non-hydrogen) atoms. The van der Waals surface area contributed by atoms with E-state index in [0.29, 0.717) is 12.2 Å². The van der Waals surface area contributed by atoms with Gasteiger partial charge in [-0.15, -0.1) is 0 Å². The van der Waals surface area contributed by atoms with Crippen molar-refractivity contribution in [1.29, 1.82) is 0 Å². The normalized spacial score (nSPS) is 11.6. The van der Waals surface area contributed by atoms with E-state index in [-0.39, 0.29) is 11.7 Å². The molecule has 0 saturated carbocycles. The van der Waals surface area contributed by atoms with Crippen molar-refractivity contribution in [2.75, 3.05) is 6.61 Å². The molecule has 1 aromatic rings. The van der Waals surface area contributed by atoms with Crippen LogP contribution in [0.4, 0.5) is 13.2 Å². The van der Waals surface area contributed by atoms with Crippen LogP contribution in [0.5, 0.6) is 5.75 Å². The molecule has 0 fully saturated rings. The maximum Gasteiger partial charge on any atom is 0.416 e. The number of hydrogen-bond donors (Lipinski definition) is 0. The smallest absolute Gasteiger partial charge is 0.416 e. The van der Waals surface area contributed by atoms with Crippen LogP contribution in [0.15, 0.2) is 24.8 Å². The standard InChI is InChI=1S/C13H15F3O/c1-4-10-5-11(13(14,15)16)7-12(6-10)17-8-9(2)3/h4-7,9H,1,8H2,2-3H3. The van der Waals surface area contributed by atoms with Crippen LogP contribution in [0.3, 0.4) is 0 Å². The van der Waals surface area contributed by atoms with Gasteiger partial charge in [0.2, 0.25) is 0 Å². The Balaban J connectivity index is 3.01. The van der Waals surface area contributed by atoms with Gasteiger partial charge in [0.1, 0.15) is 5.75 Å². The van der Waals surface area contributed by atoms with Crippen LogP contribution < -0.4 is 4.74 Å². The zero-order valence-corrected chi connectivity index (χ0v) is 9.84. The Bertz CT molecular complexity index is 394. The minimum absolute atomic E-state index is 0.225. The first-order chi connectivity index (χ1) is 7.82. The summed E-state index contributed by atoms with van der Waals surface area (Å²) in [7, 11) is 0. The zero-order chi connectivity index (χ0) is 13.1. The predicted molar refractivity (Wildman–Crippen MR) is 61.9 cm³/mol. The van der Waals surface area contributed by atoms with Gasteiger partial charge in [0, 0.05) is 0 Å². The molecule has 4 heteroatoms. The van der Waals surface area contributed by atoms with Crippen LogP contribution in [0, 0.1) is 5.92 Å². The summed E-state index contributed by atoms with van der Waals surface area (Å²) < 4.78 is 43.1. The van der Waals surface area contributed by atoms with Gasteiger partial charge in [-0.05, 0) is 29.7 Å². The predicted octanol–water partition coefficient (Wildman–Crippen LogP) is 4.38. The molecule has 0 aromatic heterocycles. The monoisotopic (exact) mass is 244 g/mol. The summed E-state index contributed by atoms with van der Waals surface area (Å²) in [5.74, 6) is 0.486. The van der Waals surface area contributed by atoms with Crippen molar-refractivity contribution in [2.45, 2.75) is 20.0 Å². The Labute approximate surface area is 98.9 Å². The van der Waals surface area contributed by atoms with Gasteiger partial charge >= 0.3 is 6.18 Å². The largest absolute Gasteiger partial charge is 0.493 e. The van der Waals surface area contributed by atoms with Crippen LogP contribution >= 0.6 is 0 Å². The molecule has 0 unspecified atom stereocenters. The van der Waals surface area contributed by atoms with Crippen molar-refractivity contribution >= 4 is 6.08 Å². The summed E-state index contributed by atoms with van der Waals surface area (Å²) in [6.07, 6.45) is -2.99. The minimum Gasteiger partial charge on any atom is -0.493 e. The summed E-state index contributed by atoms with van der Waals surface area (Å²) in [6.45, 7) is 7.72. The molecule has 0 amide bonds. The van der Waals surface area contributed by atoms with E-state index in [2.05, 4.69) is 6.58 Å². The van der Waals surface area contributed by atoms with E-state index in [1.807, 2.05) is 13.8 Å². The molecule has 0 spiro atoms. The van der Waals surface area contributed by atoms with E-state index in [1.54, 1.807) is 6.07 Å². The van der Waals surface area contributed by atoms with Gasteiger partial charge in [-0.3, -0.25) is 0 Å². The van der Waals surface area contributed by atoms with E-state index in [4.69, 9.17) is 4.74 Å². The molecule has 0 saturated heterocycles. The first-order valence-corrected chi connectivity index (χ1v) is 5.30. The summed E-state index contributed by atoms with van der Waals surface area (Å²) in [4.78, 5) is 0. The lowest BCUT2D eigenvalue weighted by molar-refractivity contribution is -0.137. The number of halogens is 3. The van der Waals surface area contributed by atoms with E-state index in [0.717, 1.165) is 12.1 Å². The molecule has 1 aromatic carbocycles. The fourth-order valence-electron chi connectivity index (χ4n) is 1.25. The van der Waals surface area contributed by atoms with Crippen LogP contribution in [0.2, 0.25) is 0 Å². The molecule has 0 atom stereocenters. The maximum absolute atomic E-state index is 12.6. The third kappa shape index (κ3) is 4.13. The number of alkyl halides is 3. The Morgan fingerprint density at radius 3 is 2.41 bits per heavy atom. The lowest BCUT2D eigenvalue weighted by Crippen LogP contribution is -2.08. The maximum atomic E-state index is 12.6. The second-order valence-corrected chi connectivity index (χ2v) is 4.20. The highest BCUT2D eigenvalue weighted by Gasteiger charge is 2.31. The molecule has 0 bridgehead atoms. The van der Waals surface area contributed by atoms with Crippen LogP contribution in [0.25, 0.3) is 6.08 Å². The summed E-state index contributed by atoms with van der Waals surface area (Å²) >= 11 is 0. The fraction of sp³-hybridized carbons (Fsp3) is 0.385. The van der Waals surface area contributed by atoms with E-state index >= 15 is 0 Å². The van der Waals surface area contributed by atoms with Crippen molar-refractivity contribution in [3.8, 4) is 5.75 Å². The second-order valence-electron chi connectivity index (χ2n) is 4.20. The van der Waals surface area contributed by atoms with Crippen molar-refractivity contribution < 1.29 is 17.9 Å². The van der Waals surface area contributed by atoms with Crippen LogP contribution in [-0.4, -0.2) is 6.61 Å². The molecule has 0 heterocycles. The van der Waals surface area contributed by atoms with Gasteiger partial charge < -0.3 is 4.74 Å². The van der Waals surface area contributed by atoms with Gasteiger partial charge in [-0.25, -0.2) is 0 Å². The summed E-state index contributed by atoms with van der Waals surface area (Å²) in [5.41, 5.74) is -0.313. The molecule has 1 nitrogen and oxygen atoms in total. The van der Waals surface area contributed by atoms with Crippen molar-refractivity contribution in [3.63, 3.8) is 0 Å². The highest BCUT2D eigenvalue weighted by Crippen LogP contribution is 2.33. The van der Waals surface area contributed by atoms with Gasteiger partial charge in [0.15, 0.2) is 0 Å². The average molecular weight is 244 g/mol. The van der Waals surface area contributed by atoms with Crippen molar-refractivity contribution in [1.82, 2.24) is 0 Å². The first kappa shape index (κ1) is 13.6. The first-order valence-electron chi connectivity index (χ1n) is 5.30. The topological polar surface area (TPSA) is 9.23 Å². The summed E-state index contributed by atoms with van der Waals surface area (Å²) in [6, 6.07) is 3.61. The van der Waals surface area contributed by atoms with E-state index in [9.17, 15) is 13.2 Å². The minimum atomic E-state index is -4.37. The molecular formula is C13H15F3O. The highest BCUT2D eigenvalue weighted by atomic mass is 19.4. The Morgan fingerprint density at radius 2 is 1.94 bits per heavy atom. The molecular weight excluding hydrogens is 229 g/mol. The van der Waals surface area contributed by atoms with Crippen molar-refractivity contribution in [2.24, 2.45) is 5.92 Å². The van der Waals surface area contributed by atoms with E-state index in [1.165, 1.54) is 6.08 Å². The molecule has 0 aliphatic heterocycles. The van der Waals surface area contributed by atoms with Crippen LogP contribution in [0.1, 0.15) is 25.0 Å². The van der Waals surface area contributed by atoms with Crippen molar-refractivity contribution in [3.05, 3.63) is 35.9 Å². The van der Waals surface area contributed by atoms with Gasteiger partial charge in [-0.2, -0.15) is 13.2 Å². The quantitative estimate of drug-likeness (QED) is 0.763. The Kier molecular flexibility index (Phi) is 4.21. The SMILES string of the molecule is C=Cc1cc(OCC(C)C)cc(C(F)(F)F)c1. The van der Waals surface area contributed by atoms with E-state index < -0.39 is 11.7 Å². The average Bonchev–Trinajstić information content (AvgIpc) is 2.24. The van der Waals surface area contributed by atoms with Crippen LogP contribution in [-0.2, 0) is 6.18 Å². The molecule has 94 valence electrons. The fourth-order valence-corrected chi connectivity index (χ4v) is 1.25. The number of rotatable bonds is 4. The molecule has 1 rings (SSSR count). The van der Waals surface area contributed by atoms with Gasteiger partial charge in [0.25, 0.3) is 0 Å². The third-order valence-electron chi connectivity index (χ3n) is 2.08. The number of ether oxygens (including phenoxy) is 1. The highest BCUT2D eigenvalue weighted by molar-refractivity contribution is 5.52. The Hall–Kier alpha value is -1.45. The molecule has 0 aliphatic rings. The molecule has 0 N–H and O–H groups in total. The number of hydrogen-bond acceptors (Lipinski definition) is 1. The molecule has 0 aliphatic carbocycles. The molecule has 0 radical (unpaired) electrons. The Morgan fingerprint density at radius 1 is 1.29 bits per heavy atom. The number of benzene rings is 1. The lowest BCUT2D eigenvalue weighted by atomic mass is 10.1. The zero-order valence-electron chi connectivity index (χ0n) is 9.84. The van der Waals surface area contributed by atoms with Gasteiger partial charge in [-0.1, -0.05) is 26.5 Å². The third-order valence-corrected chi connectivity index (χ3v) is 2.08.